The molecule has 0 N–H and O–H groups in total. The zero-order chi connectivity index (χ0) is 68.2. The molecule has 5 aromatic carbocycles. The van der Waals surface area contributed by atoms with Crippen LogP contribution in [0.4, 0.5) is 105 Å². The standard InChI is InChI=1S/C32H12BF24.C30H45N2O2/c34-25(35,36)13-1-14(26(37,38)39)6-21(5-13)33(22-7-15(27(40,41)42)2-16(8-22)28(43,44)45,23-9-17(29(46,47)48)3-18(10-23)30(49,50)51)24-11-19(31(52,53)54)4-20(12-24)32(55,56)57;1-2-3-4-5-6-7-8-9-10-11-12-13-14-15-19-22-29(33)28-25-31-23-24-32(28)26-30(34)27-20-17-16-18-21-27/h1-12H;16-18,20-21,23-25H,2-15,19,22,26H2,1H3/q-1;+1. The van der Waals surface area contributed by atoms with Gasteiger partial charge in [-0.05, 0) is 30.7 Å². The van der Waals surface area contributed by atoms with E-state index in [1.807, 2.05) is 18.2 Å². The number of nitrogens with zero attached hydrogens (tertiary/aromatic N) is 2. The molecule has 0 atom stereocenters. The molecule has 0 bridgehead atoms. The minimum Gasteiger partial charge on any atom is -0.287 e. The van der Waals surface area contributed by atoms with Crippen LogP contribution in [0.1, 0.15) is 175 Å². The van der Waals surface area contributed by atoms with Gasteiger partial charge in [-0.2, -0.15) is 132 Å². The second-order valence-corrected chi connectivity index (χ2v) is 21.7. The van der Waals surface area contributed by atoms with Crippen molar-refractivity contribution in [1.29, 1.82) is 0 Å². The Labute approximate surface area is 506 Å². The topological polar surface area (TPSA) is 50.9 Å². The van der Waals surface area contributed by atoms with Gasteiger partial charge in [-0.15, -0.1) is 0 Å². The minimum atomic E-state index is -6.13. The molecule has 0 aliphatic carbocycles. The van der Waals surface area contributed by atoms with Crippen molar-refractivity contribution in [2.75, 3.05) is 0 Å². The average molecular weight is 1330 g/mol. The summed E-state index contributed by atoms with van der Waals surface area (Å²) in [6, 6.07) is 0.403. The summed E-state index contributed by atoms with van der Waals surface area (Å²) in [5, 5.41) is 0. The summed E-state index contributed by atoms with van der Waals surface area (Å²) in [6.07, 6.45) is -29.7. The van der Waals surface area contributed by atoms with Crippen molar-refractivity contribution in [3.8, 4) is 0 Å². The van der Waals surface area contributed by atoms with Gasteiger partial charge in [0.25, 0.3) is 5.69 Å². The molecule has 6 rings (SSSR count). The van der Waals surface area contributed by atoms with Gasteiger partial charge in [0.15, 0.2) is 6.20 Å². The van der Waals surface area contributed by atoms with E-state index in [0.29, 0.717) is 17.7 Å². The molecule has 4 nitrogen and oxygen atoms in total. The van der Waals surface area contributed by atoms with Gasteiger partial charge in [0.2, 0.25) is 18.1 Å². The third-order valence-corrected chi connectivity index (χ3v) is 15.0. The molecular formula is C62H57BF24N2O2. The first kappa shape index (κ1) is 74.6. The van der Waals surface area contributed by atoms with Crippen LogP contribution in [0.25, 0.3) is 0 Å². The summed E-state index contributed by atoms with van der Waals surface area (Å²) in [6.45, 7) is 2.43. The van der Waals surface area contributed by atoms with Gasteiger partial charge in [-0.25, -0.2) is 0 Å². The molecule has 0 amide bonds. The Bertz CT molecular complexity index is 2940. The Morgan fingerprint density at radius 1 is 0.363 bits per heavy atom. The number of hydrogen-bond donors (Lipinski definition) is 0. The quantitative estimate of drug-likeness (QED) is 0.0199. The molecule has 498 valence electrons. The maximum Gasteiger partial charge on any atom is 0.416 e. The van der Waals surface area contributed by atoms with Crippen molar-refractivity contribution in [2.24, 2.45) is 0 Å². The number of carbonyl (C=O) groups is 2. The average Bonchev–Trinajstić information content (AvgIpc) is 0.714. The van der Waals surface area contributed by atoms with Crippen LogP contribution in [-0.2, 0) is 56.0 Å². The number of hydrogen-bond acceptors (Lipinski definition) is 3. The van der Waals surface area contributed by atoms with Gasteiger partial charge >= 0.3 is 49.4 Å². The van der Waals surface area contributed by atoms with Crippen LogP contribution in [0.3, 0.4) is 0 Å². The smallest absolute Gasteiger partial charge is 0.287 e. The van der Waals surface area contributed by atoms with Crippen molar-refractivity contribution >= 4 is 39.6 Å². The first-order chi connectivity index (χ1) is 42.0. The van der Waals surface area contributed by atoms with Gasteiger partial charge < -0.3 is 0 Å². The normalized spacial score (nSPS) is 13.1. The molecule has 91 heavy (non-hydrogen) atoms. The summed E-state index contributed by atoms with van der Waals surface area (Å²) < 4.78 is 343. The molecule has 0 spiro atoms. The van der Waals surface area contributed by atoms with Crippen LogP contribution in [-0.4, -0.2) is 22.7 Å². The van der Waals surface area contributed by atoms with Gasteiger partial charge in [-0.3, -0.25) is 14.6 Å². The Morgan fingerprint density at radius 3 is 0.890 bits per heavy atom. The van der Waals surface area contributed by atoms with Crippen LogP contribution in [0.5, 0.6) is 0 Å². The molecule has 29 heteroatoms. The highest BCUT2D eigenvalue weighted by Crippen LogP contribution is 2.42. The molecule has 1 aromatic heterocycles. The highest BCUT2D eigenvalue weighted by molar-refractivity contribution is 7.20. The van der Waals surface area contributed by atoms with Crippen LogP contribution < -0.4 is 26.4 Å². The van der Waals surface area contributed by atoms with Gasteiger partial charge in [0.05, 0.1) is 50.7 Å². The SMILES string of the molecule is CCCCCCCCCCCCCCCCCC(=O)c1cncc[n+]1CC(=O)c1ccccc1.FC(F)(F)c1cc([B-](c2cc(C(F)(F)F)cc(C(F)(F)F)c2)(c2cc(C(F)(F)F)cc(C(F)(F)F)c2)c2cc(C(F)(F)F)cc(C(F)(F)F)c2)cc(C(F)(F)F)c1. The predicted molar refractivity (Wildman–Crippen MR) is 289 cm³/mol. The molecular weight excluding hydrogens is 1270 g/mol. The Balaban J connectivity index is 0.000000377. The maximum atomic E-state index is 14.2. The van der Waals surface area contributed by atoms with E-state index in [1.165, 1.54) is 83.5 Å². The zero-order valence-electron chi connectivity index (χ0n) is 47.9. The lowest BCUT2D eigenvalue weighted by Crippen LogP contribution is -2.75. The van der Waals surface area contributed by atoms with E-state index >= 15 is 0 Å². The molecule has 0 radical (unpaired) electrons. The second-order valence-electron chi connectivity index (χ2n) is 21.7. The Kier molecular flexibility index (Phi) is 24.7. The number of carbonyl (C=O) groups excluding carboxylic acids is 2. The molecule has 0 aliphatic heterocycles. The van der Waals surface area contributed by atoms with Gasteiger partial charge in [-0.1, -0.05) is 176 Å². The van der Waals surface area contributed by atoms with Crippen molar-refractivity contribution in [1.82, 2.24) is 4.98 Å². The third-order valence-electron chi connectivity index (χ3n) is 15.0. The number of halogens is 24. The van der Waals surface area contributed by atoms with E-state index in [2.05, 4.69) is 11.9 Å². The largest absolute Gasteiger partial charge is 0.416 e. The second kappa shape index (κ2) is 30.1. The molecule has 0 saturated carbocycles. The van der Waals surface area contributed by atoms with E-state index in [4.69, 9.17) is 0 Å². The summed E-state index contributed by atoms with van der Waals surface area (Å²) in [7, 11) is 0. The number of benzene rings is 5. The van der Waals surface area contributed by atoms with Gasteiger partial charge in [0, 0.05) is 12.0 Å². The Hall–Kier alpha value is -7.10. The number of unbranched alkanes of at least 4 members (excludes halogenated alkanes) is 14. The van der Waals surface area contributed by atoms with Crippen LogP contribution >= 0.6 is 0 Å². The van der Waals surface area contributed by atoms with Crippen molar-refractivity contribution in [3.63, 3.8) is 0 Å². The van der Waals surface area contributed by atoms with Crippen molar-refractivity contribution in [2.45, 2.75) is 166 Å². The molecule has 0 unspecified atom stereocenters. The van der Waals surface area contributed by atoms with Crippen molar-refractivity contribution < 1.29 is 120 Å². The number of ketones is 2. The fraction of sp³-hybridized carbons (Fsp3) is 0.419. The van der Waals surface area contributed by atoms with E-state index in [-0.39, 0.29) is 18.1 Å². The highest BCUT2D eigenvalue weighted by Gasteiger charge is 2.47. The van der Waals surface area contributed by atoms with Crippen LogP contribution in [0.2, 0.25) is 0 Å². The zero-order valence-corrected chi connectivity index (χ0v) is 47.9. The number of Topliss-reactive ketones (excluding diaryl/α,β-unsaturated/α-hetero) is 2. The molecule has 0 fully saturated rings. The minimum absolute atomic E-state index is 0.00202. The lowest BCUT2D eigenvalue weighted by Gasteiger charge is -2.46. The van der Waals surface area contributed by atoms with E-state index in [0.717, 1.165) is 12.8 Å². The third kappa shape index (κ3) is 21.0. The summed E-state index contributed by atoms with van der Waals surface area (Å²) >= 11 is 0. The fourth-order valence-corrected chi connectivity index (χ4v) is 10.5. The predicted octanol–water partition coefficient (Wildman–Crippen LogP) is 18.9. The molecule has 1 heterocycles. The summed E-state index contributed by atoms with van der Waals surface area (Å²) in [5.74, 6) is 0.0708. The van der Waals surface area contributed by atoms with E-state index in [1.54, 1.807) is 35.3 Å². The number of rotatable bonds is 24. The monoisotopic (exact) mass is 1330 g/mol. The van der Waals surface area contributed by atoms with Crippen molar-refractivity contribution in [3.05, 3.63) is 177 Å². The number of alkyl halides is 24. The summed E-state index contributed by atoms with van der Waals surface area (Å²) in [5.41, 5.74) is -29.0. The number of aromatic nitrogens is 2. The first-order valence-corrected chi connectivity index (χ1v) is 28.3. The lowest BCUT2D eigenvalue weighted by atomic mass is 9.12. The summed E-state index contributed by atoms with van der Waals surface area (Å²) in [4.78, 5) is 29.4. The van der Waals surface area contributed by atoms with E-state index in [9.17, 15) is 115 Å². The fourth-order valence-electron chi connectivity index (χ4n) is 10.5. The lowest BCUT2D eigenvalue weighted by molar-refractivity contribution is -0.685. The molecule has 6 aromatic rings. The van der Waals surface area contributed by atoms with E-state index < -0.39 is 195 Å². The maximum absolute atomic E-state index is 14.2. The molecule has 0 saturated heterocycles. The highest BCUT2D eigenvalue weighted by atomic mass is 19.4. The van der Waals surface area contributed by atoms with Crippen LogP contribution in [0.15, 0.2) is 122 Å². The van der Waals surface area contributed by atoms with Gasteiger partial charge in [0.1, 0.15) is 12.3 Å². The first-order valence-electron chi connectivity index (χ1n) is 28.3. The molecule has 0 aliphatic rings. The van der Waals surface area contributed by atoms with Crippen LogP contribution in [0, 0.1) is 0 Å². The Morgan fingerprint density at radius 2 is 0.626 bits per heavy atom.